The summed E-state index contributed by atoms with van der Waals surface area (Å²) < 4.78 is 0. The monoisotopic (exact) mass is 325 g/mol. The molecule has 0 spiro atoms. The summed E-state index contributed by atoms with van der Waals surface area (Å²) in [5, 5.41) is 13.7. The van der Waals surface area contributed by atoms with Gasteiger partial charge in [-0.05, 0) is 24.6 Å². The van der Waals surface area contributed by atoms with E-state index >= 15 is 0 Å². The summed E-state index contributed by atoms with van der Waals surface area (Å²) in [5.74, 6) is -0.655. The summed E-state index contributed by atoms with van der Waals surface area (Å²) in [5.41, 5.74) is 1.75. The first-order valence-electron chi connectivity index (χ1n) is 7.41. The van der Waals surface area contributed by atoms with Gasteiger partial charge in [-0.15, -0.1) is 0 Å². The molecule has 0 aliphatic carbocycles. The van der Waals surface area contributed by atoms with Crippen LogP contribution in [0.4, 0.5) is 17.1 Å². The maximum absolute atomic E-state index is 12.6. The van der Waals surface area contributed by atoms with Gasteiger partial charge in [-0.3, -0.25) is 19.7 Å². The average Bonchev–Trinajstić information content (AvgIpc) is 2.82. The van der Waals surface area contributed by atoms with Crippen LogP contribution in [0.15, 0.2) is 48.5 Å². The van der Waals surface area contributed by atoms with Crippen LogP contribution in [0, 0.1) is 17.0 Å². The molecular formula is C17H15N3O4. The number of para-hydroxylation sites is 1. The van der Waals surface area contributed by atoms with E-state index in [0.717, 1.165) is 5.56 Å². The number of rotatable bonds is 4. The zero-order valence-electron chi connectivity index (χ0n) is 12.9. The number of anilines is 2. The second-order valence-corrected chi connectivity index (χ2v) is 5.56. The number of aryl methyl sites for hydroxylation is 1. The molecule has 1 aliphatic rings. The van der Waals surface area contributed by atoms with Crippen LogP contribution in [0.2, 0.25) is 0 Å². The highest BCUT2D eigenvalue weighted by molar-refractivity contribution is 6.23. The summed E-state index contributed by atoms with van der Waals surface area (Å²) >= 11 is 0. The molecule has 1 fully saturated rings. The molecule has 2 aromatic carbocycles. The third-order valence-corrected chi connectivity index (χ3v) is 3.90. The minimum Gasteiger partial charge on any atom is -0.373 e. The number of hydrogen-bond donors (Lipinski definition) is 1. The Kier molecular flexibility index (Phi) is 3.99. The van der Waals surface area contributed by atoms with E-state index in [2.05, 4.69) is 5.32 Å². The van der Waals surface area contributed by atoms with Gasteiger partial charge in [0.2, 0.25) is 5.91 Å². The smallest absolute Gasteiger partial charge is 0.271 e. The van der Waals surface area contributed by atoms with Gasteiger partial charge in [-0.1, -0.05) is 24.3 Å². The van der Waals surface area contributed by atoms with Crippen molar-refractivity contribution in [3.05, 3.63) is 64.2 Å². The minimum atomic E-state index is -0.737. The molecule has 1 aliphatic heterocycles. The number of nitro groups is 1. The zero-order valence-corrected chi connectivity index (χ0v) is 12.9. The highest BCUT2D eigenvalue weighted by Crippen LogP contribution is 2.28. The van der Waals surface area contributed by atoms with Crippen molar-refractivity contribution in [2.75, 3.05) is 10.2 Å². The van der Waals surface area contributed by atoms with Crippen molar-refractivity contribution < 1.29 is 14.5 Å². The predicted octanol–water partition coefficient (Wildman–Crippen LogP) is 2.65. The van der Waals surface area contributed by atoms with Gasteiger partial charge in [0.1, 0.15) is 6.04 Å². The molecule has 7 nitrogen and oxygen atoms in total. The standard InChI is InChI=1S/C17H15N3O4/c1-11-5-2-3-8-15(11)19-16(21)10-14(17(19)22)18-12-6-4-7-13(9-12)20(23)24/h2-9,14,18H,10H2,1H3/t14-/m1/s1. The number of carbonyl (C=O) groups is 2. The number of amides is 2. The molecule has 1 saturated heterocycles. The predicted molar refractivity (Wildman–Crippen MR) is 88.8 cm³/mol. The van der Waals surface area contributed by atoms with Gasteiger partial charge in [0.15, 0.2) is 0 Å². The Hall–Kier alpha value is -3.22. The Bertz CT molecular complexity index is 834. The Morgan fingerprint density at radius 1 is 1.17 bits per heavy atom. The third-order valence-electron chi connectivity index (χ3n) is 3.90. The molecule has 1 heterocycles. The SMILES string of the molecule is Cc1ccccc1N1C(=O)C[C@@H](Nc2cccc([N+](=O)[O-])c2)C1=O. The maximum Gasteiger partial charge on any atom is 0.271 e. The van der Waals surface area contributed by atoms with Crippen molar-refractivity contribution >= 4 is 28.9 Å². The van der Waals surface area contributed by atoms with Gasteiger partial charge in [0, 0.05) is 17.8 Å². The van der Waals surface area contributed by atoms with Crippen molar-refractivity contribution in [3.63, 3.8) is 0 Å². The number of imide groups is 1. The lowest BCUT2D eigenvalue weighted by molar-refractivity contribution is -0.384. The van der Waals surface area contributed by atoms with E-state index < -0.39 is 11.0 Å². The number of carbonyl (C=O) groups excluding carboxylic acids is 2. The van der Waals surface area contributed by atoms with Gasteiger partial charge in [0.05, 0.1) is 17.0 Å². The van der Waals surface area contributed by atoms with E-state index in [-0.39, 0.29) is 23.9 Å². The molecule has 24 heavy (non-hydrogen) atoms. The Morgan fingerprint density at radius 2 is 1.92 bits per heavy atom. The number of nitrogens with one attached hydrogen (secondary N) is 1. The topological polar surface area (TPSA) is 92.6 Å². The van der Waals surface area contributed by atoms with Crippen LogP contribution in [0.5, 0.6) is 0 Å². The molecule has 0 radical (unpaired) electrons. The molecule has 122 valence electrons. The van der Waals surface area contributed by atoms with Gasteiger partial charge in [-0.25, -0.2) is 4.90 Å². The number of nitro benzene ring substituents is 1. The van der Waals surface area contributed by atoms with Gasteiger partial charge in [-0.2, -0.15) is 0 Å². The van der Waals surface area contributed by atoms with Gasteiger partial charge < -0.3 is 5.32 Å². The van der Waals surface area contributed by atoms with Crippen molar-refractivity contribution in [2.24, 2.45) is 0 Å². The van der Waals surface area contributed by atoms with Crippen LogP contribution in [0.3, 0.4) is 0 Å². The highest BCUT2D eigenvalue weighted by Gasteiger charge is 2.40. The molecular weight excluding hydrogens is 310 g/mol. The number of nitrogens with zero attached hydrogens (tertiary/aromatic N) is 2. The summed E-state index contributed by atoms with van der Waals surface area (Å²) in [4.78, 5) is 36.4. The first-order chi connectivity index (χ1) is 11.5. The second-order valence-electron chi connectivity index (χ2n) is 5.56. The molecule has 2 aromatic rings. The summed E-state index contributed by atoms with van der Waals surface area (Å²) in [6.07, 6.45) is 0.00978. The minimum absolute atomic E-state index is 0.00978. The number of non-ortho nitro benzene ring substituents is 1. The molecule has 2 amide bonds. The van der Waals surface area contributed by atoms with E-state index in [9.17, 15) is 19.7 Å². The molecule has 1 atom stereocenters. The quantitative estimate of drug-likeness (QED) is 0.530. The molecule has 3 rings (SSSR count). The Balaban J connectivity index is 1.83. The van der Waals surface area contributed by atoms with Crippen LogP contribution in [-0.2, 0) is 9.59 Å². The van der Waals surface area contributed by atoms with Gasteiger partial charge in [0.25, 0.3) is 11.6 Å². The van der Waals surface area contributed by atoms with Crippen molar-refractivity contribution in [3.8, 4) is 0 Å². The lowest BCUT2D eigenvalue weighted by Gasteiger charge is -2.18. The van der Waals surface area contributed by atoms with E-state index in [4.69, 9.17) is 0 Å². The fourth-order valence-electron chi connectivity index (χ4n) is 2.72. The van der Waals surface area contributed by atoms with E-state index in [1.165, 1.54) is 23.1 Å². The Morgan fingerprint density at radius 3 is 2.62 bits per heavy atom. The van der Waals surface area contributed by atoms with Crippen LogP contribution in [-0.4, -0.2) is 22.8 Å². The number of hydrogen-bond acceptors (Lipinski definition) is 5. The molecule has 1 N–H and O–H groups in total. The first kappa shape index (κ1) is 15.7. The van der Waals surface area contributed by atoms with Crippen LogP contribution in [0.25, 0.3) is 0 Å². The number of benzene rings is 2. The normalized spacial score (nSPS) is 17.2. The van der Waals surface area contributed by atoms with E-state index in [1.807, 2.05) is 19.1 Å². The van der Waals surface area contributed by atoms with Gasteiger partial charge >= 0.3 is 0 Å². The lowest BCUT2D eigenvalue weighted by Crippen LogP contribution is -2.35. The van der Waals surface area contributed by atoms with E-state index in [0.29, 0.717) is 11.4 Å². The molecule has 0 bridgehead atoms. The summed E-state index contributed by atoms with van der Waals surface area (Å²) in [6.45, 7) is 1.83. The maximum atomic E-state index is 12.6. The molecule has 0 aromatic heterocycles. The first-order valence-corrected chi connectivity index (χ1v) is 7.41. The largest absolute Gasteiger partial charge is 0.373 e. The summed E-state index contributed by atoms with van der Waals surface area (Å²) in [7, 11) is 0. The lowest BCUT2D eigenvalue weighted by atomic mass is 10.2. The average molecular weight is 325 g/mol. The fraction of sp³-hybridized carbons (Fsp3) is 0.176. The van der Waals surface area contributed by atoms with Crippen LogP contribution >= 0.6 is 0 Å². The molecule has 0 unspecified atom stereocenters. The summed E-state index contributed by atoms with van der Waals surface area (Å²) in [6, 6.07) is 12.3. The van der Waals surface area contributed by atoms with Crippen LogP contribution < -0.4 is 10.2 Å². The zero-order chi connectivity index (χ0) is 17.3. The van der Waals surface area contributed by atoms with E-state index in [1.54, 1.807) is 18.2 Å². The third kappa shape index (κ3) is 2.83. The fourth-order valence-corrected chi connectivity index (χ4v) is 2.72. The van der Waals surface area contributed by atoms with Crippen LogP contribution in [0.1, 0.15) is 12.0 Å². The van der Waals surface area contributed by atoms with Crippen molar-refractivity contribution in [1.29, 1.82) is 0 Å². The van der Waals surface area contributed by atoms with Crippen molar-refractivity contribution in [2.45, 2.75) is 19.4 Å². The molecule has 0 saturated carbocycles. The van der Waals surface area contributed by atoms with Crippen molar-refractivity contribution in [1.82, 2.24) is 0 Å². The highest BCUT2D eigenvalue weighted by atomic mass is 16.6. The second kappa shape index (κ2) is 6.11. The molecule has 7 heteroatoms. The Labute approximate surface area is 138 Å².